The predicted octanol–water partition coefficient (Wildman–Crippen LogP) is 1.84. The van der Waals surface area contributed by atoms with E-state index in [1.165, 1.54) is 12.8 Å². The summed E-state index contributed by atoms with van der Waals surface area (Å²) in [7, 11) is -3.06. The largest absolute Gasteiger partial charge is 0.216 e. The minimum Gasteiger partial charge on any atom is -0.212 e. The molecule has 0 aliphatic heterocycles. The first kappa shape index (κ1) is 12.0. The third kappa shape index (κ3) is 2.70. The van der Waals surface area contributed by atoms with Crippen molar-refractivity contribution in [1.29, 1.82) is 0 Å². The predicted molar refractivity (Wildman–Crippen MR) is 58.6 cm³/mol. The van der Waals surface area contributed by atoms with Gasteiger partial charge in [0.1, 0.15) is 0 Å². The average Bonchev–Trinajstić information content (AvgIpc) is 2.81. The van der Waals surface area contributed by atoms with Gasteiger partial charge in [-0.25, -0.2) is 8.42 Å². The first-order valence-electron chi connectivity index (χ1n) is 5.36. The van der Waals surface area contributed by atoms with E-state index in [1.54, 1.807) is 18.2 Å². The highest BCUT2D eigenvalue weighted by atomic mass is 32.2. The van der Waals surface area contributed by atoms with Gasteiger partial charge in [0.05, 0.1) is 5.25 Å². The van der Waals surface area contributed by atoms with Crippen LogP contribution in [-0.2, 0) is 10.0 Å². The fourth-order valence-corrected chi connectivity index (χ4v) is 2.98. The number of sulfonamides is 1. The van der Waals surface area contributed by atoms with Crippen LogP contribution in [0.5, 0.6) is 0 Å². The Morgan fingerprint density at radius 1 is 1.21 bits per heavy atom. The summed E-state index contributed by atoms with van der Waals surface area (Å²) in [6, 6.07) is 0.0861. The van der Waals surface area contributed by atoms with Gasteiger partial charge in [-0.05, 0) is 46.5 Å². The van der Waals surface area contributed by atoms with E-state index in [9.17, 15) is 8.42 Å². The Balaban J connectivity index is 2.75. The van der Waals surface area contributed by atoms with Crippen molar-refractivity contribution in [3.63, 3.8) is 0 Å². The van der Waals surface area contributed by atoms with Crippen LogP contribution in [0.2, 0.25) is 0 Å². The van der Waals surface area contributed by atoms with Gasteiger partial charge in [-0.2, -0.15) is 4.31 Å². The zero-order valence-corrected chi connectivity index (χ0v) is 10.3. The molecule has 14 heavy (non-hydrogen) atoms. The lowest BCUT2D eigenvalue weighted by molar-refractivity contribution is 0.338. The topological polar surface area (TPSA) is 37.4 Å². The van der Waals surface area contributed by atoms with Crippen LogP contribution in [0.3, 0.4) is 0 Å². The normalized spacial score (nSPS) is 18.5. The summed E-state index contributed by atoms with van der Waals surface area (Å²) in [6.45, 7) is 8.11. The summed E-state index contributed by atoms with van der Waals surface area (Å²) in [4.78, 5) is 0. The van der Waals surface area contributed by atoms with Gasteiger partial charge in [-0.3, -0.25) is 0 Å². The summed E-state index contributed by atoms with van der Waals surface area (Å²) < 4.78 is 25.6. The molecule has 3 nitrogen and oxygen atoms in total. The van der Waals surface area contributed by atoms with Crippen molar-refractivity contribution in [2.24, 2.45) is 5.92 Å². The maximum Gasteiger partial charge on any atom is 0.216 e. The Bertz CT molecular complexity index is 278. The molecule has 0 unspecified atom stereocenters. The number of rotatable bonds is 5. The third-order valence-electron chi connectivity index (χ3n) is 2.63. The molecule has 0 aromatic rings. The molecule has 84 valence electrons. The van der Waals surface area contributed by atoms with Crippen LogP contribution in [0.1, 0.15) is 40.5 Å². The van der Waals surface area contributed by atoms with Crippen molar-refractivity contribution in [2.45, 2.75) is 51.8 Å². The summed E-state index contributed by atoms with van der Waals surface area (Å²) in [5.41, 5.74) is 0. The maximum atomic E-state index is 12.0. The monoisotopic (exact) mass is 219 g/mol. The zero-order valence-electron chi connectivity index (χ0n) is 9.53. The second-order valence-corrected chi connectivity index (χ2v) is 7.14. The molecule has 1 saturated carbocycles. The smallest absolute Gasteiger partial charge is 0.212 e. The lowest BCUT2D eigenvalue weighted by atomic mass is 10.3. The zero-order chi connectivity index (χ0) is 10.9. The van der Waals surface area contributed by atoms with Crippen molar-refractivity contribution >= 4 is 10.0 Å². The number of hydrogen-bond donors (Lipinski definition) is 0. The standard InChI is InChI=1S/C10H21NO2S/c1-8(2)11(7-10-5-6-10)14(12,13)9(3)4/h8-10H,5-7H2,1-4H3. The molecule has 0 amide bonds. The quantitative estimate of drug-likeness (QED) is 0.707. The van der Waals surface area contributed by atoms with Crippen molar-refractivity contribution in [3.05, 3.63) is 0 Å². The third-order valence-corrected chi connectivity index (χ3v) is 5.05. The van der Waals surface area contributed by atoms with Crippen LogP contribution >= 0.6 is 0 Å². The lowest BCUT2D eigenvalue weighted by Gasteiger charge is -2.27. The lowest BCUT2D eigenvalue weighted by Crippen LogP contribution is -2.42. The van der Waals surface area contributed by atoms with E-state index in [4.69, 9.17) is 0 Å². The second kappa shape index (κ2) is 4.19. The summed E-state index contributed by atoms with van der Waals surface area (Å²) in [6.07, 6.45) is 2.38. The molecule has 4 heteroatoms. The van der Waals surface area contributed by atoms with Crippen molar-refractivity contribution in [2.75, 3.05) is 6.54 Å². The Kier molecular flexibility index (Phi) is 3.58. The Morgan fingerprint density at radius 3 is 2.00 bits per heavy atom. The molecular weight excluding hydrogens is 198 g/mol. The highest BCUT2D eigenvalue weighted by Gasteiger charge is 2.33. The minimum absolute atomic E-state index is 0.0861. The molecule has 0 radical (unpaired) electrons. The molecule has 0 N–H and O–H groups in total. The van der Waals surface area contributed by atoms with Crippen LogP contribution in [-0.4, -0.2) is 30.6 Å². The highest BCUT2D eigenvalue weighted by Crippen LogP contribution is 2.31. The van der Waals surface area contributed by atoms with Gasteiger partial charge >= 0.3 is 0 Å². The molecule has 1 aliphatic carbocycles. The van der Waals surface area contributed by atoms with Crippen LogP contribution in [0.15, 0.2) is 0 Å². The molecule has 0 bridgehead atoms. The Hall–Kier alpha value is -0.0900. The fourth-order valence-electron chi connectivity index (χ4n) is 1.43. The van der Waals surface area contributed by atoms with Gasteiger partial charge in [-0.1, -0.05) is 0 Å². The van der Waals surface area contributed by atoms with E-state index in [0.29, 0.717) is 5.92 Å². The fraction of sp³-hybridized carbons (Fsp3) is 1.00. The summed E-state index contributed by atoms with van der Waals surface area (Å²) in [5, 5.41) is -0.302. The van der Waals surface area contributed by atoms with E-state index in [2.05, 4.69) is 0 Å². The SMILES string of the molecule is CC(C)N(CC1CC1)S(=O)(=O)C(C)C. The Morgan fingerprint density at radius 2 is 1.71 bits per heavy atom. The van der Waals surface area contributed by atoms with Gasteiger partial charge < -0.3 is 0 Å². The molecule has 0 spiro atoms. The molecule has 0 atom stereocenters. The second-order valence-electron chi connectivity index (χ2n) is 4.70. The maximum absolute atomic E-state index is 12.0. The highest BCUT2D eigenvalue weighted by molar-refractivity contribution is 7.89. The number of hydrogen-bond acceptors (Lipinski definition) is 2. The van der Waals surface area contributed by atoms with Gasteiger partial charge in [-0.15, -0.1) is 0 Å². The van der Waals surface area contributed by atoms with Gasteiger partial charge in [0.2, 0.25) is 10.0 Å². The molecule has 1 rings (SSSR count). The molecule has 1 aliphatic rings. The van der Waals surface area contributed by atoms with Crippen molar-refractivity contribution < 1.29 is 8.42 Å². The average molecular weight is 219 g/mol. The molecule has 1 fully saturated rings. The van der Waals surface area contributed by atoms with E-state index >= 15 is 0 Å². The minimum atomic E-state index is -3.06. The van der Waals surface area contributed by atoms with Crippen LogP contribution in [0.25, 0.3) is 0 Å². The van der Waals surface area contributed by atoms with E-state index in [0.717, 1.165) is 6.54 Å². The van der Waals surface area contributed by atoms with Crippen molar-refractivity contribution in [1.82, 2.24) is 4.31 Å². The van der Waals surface area contributed by atoms with Gasteiger partial charge in [0, 0.05) is 12.6 Å². The molecular formula is C10H21NO2S. The Labute approximate surface area is 87.5 Å². The summed E-state index contributed by atoms with van der Waals surface area (Å²) in [5.74, 6) is 0.617. The van der Waals surface area contributed by atoms with Crippen LogP contribution in [0.4, 0.5) is 0 Å². The van der Waals surface area contributed by atoms with Gasteiger partial charge in [0.15, 0.2) is 0 Å². The van der Waals surface area contributed by atoms with Crippen molar-refractivity contribution in [3.8, 4) is 0 Å². The molecule has 0 heterocycles. The van der Waals surface area contributed by atoms with Gasteiger partial charge in [0.25, 0.3) is 0 Å². The van der Waals surface area contributed by atoms with E-state index in [1.807, 2.05) is 13.8 Å². The first-order valence-corrected chi connectivity index (χ1v) is 6.86. The molecule has 0 saturated heterocycles. The van der Waals surface area contributed by atoms with E-state index < -0.39 is 10.0 Å². The summed E-state index contributed by atoms with van der Waals surface area (Å²) >= 11 is 0. The van der Waals surface area contributed by atoms with Crippen LogP contribution in [0, 0.1) is 5.92 Å². The van der Waals surface area contributed by atoms with E-state index in [-0.39, 0.29) is 11.3 Å². The first-order chi connectivity index (χ1) is 6.35. The molecule has 0 aromatic heterocycles. The number of nitrogens with zero attached hydrogens (tertiary/aromatic N) is 1. The molecule has 0 aromatic carbocycles. The van der Waals surface area contributed by atoms with Crippen LogP contribution < -0.4 is 0 Å².